The standard InChI is InChI=1S/C15H19Cl2N3O2.C2HF3O2/c1-2-11(18)15(22)20-12-4-3-10(17)7-9(12)8-13(20)14(21)19-6-5-16;3-2(4,5)1(6)7/h3-4,7,11,13H,2,5-6,8,18H2,1H3,(H,19,21);(H,6,7)/t11-,13-;/m0./s1. The summed E-state index contributed by atoms with van der Waals surface area (Å²) >= 11 is 11.6. The zero-order valence-corrected chi connectivity index (χ0v) is 16.8. The fraction of sp³-hybridized carbons (Fsp3) is 0.471. The van der Waals surface area contributed by atoms with Crippen LogP contribution in [0, 0.1) is 0 Å². The van der Waals surface area contributed by atoms with Crippen molar-refractivity contribution in [3.8, 4) is 0 Å². The van der Waals surface area contributed by atoms with Crippen molar-refractivity contribution < 1.29 is 32.7 Å². The Balaban J connectivity index is 0.000000516. The molecule has 0 saturated heterocycles. The van der Waals surface area contributed by atoms with Crippen LogP contribution in [-0.4, -0.2) is 53.6 Å². The van der Waals surface area contributed by atoms with Crippen LogP contribution in [0.5, 0.6) is 0 Å². The number of nitrogens with one attached hydrogen (secondary N) is 1. The van der Waals surface area contributed by atoms with E-state index in [1.165, 1.54) is 4.90 Å². The number of carboxylic acids is 1. The molecule has 4 N–H and O–H groups in total. The Labute approximate surface area is 174 Å². The molecular formula is C17H20Cl2F3N3O4. The van der Waals surface area contributed by atoms with E-state index in [0.29, 0.717) is 36.0 Å². The summed E-state index contributed by atoms with van der Waals surface area (Å²) in [5.41, 5.74) is 7.44. The van der Waals surface area contributed by atoms with Crippen molar-refractivity contribution >= 4 is 46.7 Å². The Kier molecular flexibility index (Phi) is 9.18. The maximum Gasteiger partial charge on any atom is 0.490 e. The zero-order chi connectivity index (χ0) is 22.4. The second-order valence-electron chi connectivity index (χ2n) is 6.00. The summed E-state index contributed by atoms with van der Waals surface area (Å²) in [6, 6.07) is 4.00. The maximum atomic E-state index is 12.6. The summed E-state index contributed by atoms with van der Waals surface area (Å²) in [7, 11) is 0. The molecule has 0 aromatic heterocycles. The number of rotatable bonds is 5. The Hall–Kier alpha value is -2.04. The predicted molar refractivity (Wildman–Crippen MR) is 102 cm³/mol. The molecule has 0 radical (unpaired) electrons. The summed E-state index contributed by atoms with van der Waals surface area (Å²) in [5, 5.41) is 10.4. The number of nitrogens with zero attached hydrogens (tertiary/aromatic N) is 1. The van der Waals surface area contributed by atoms with E-state index >= 15 is 0 Å². The third-order valence-electron chi connectivity index (χ3n) is 3.96. The molecule has 0 spiro atoms. The molecule has 1 aromatic rings. The van der Waals surface area contributed by atoms with Crippen molar-refractivity contribution in [1.82, 2.24) is 5.32 Å². The molecule has 0 saturated carbocycles. The van der Waals surface area contributed by atoms with Gasteiger partial charge in [-0.15, -0.1) is 11.6 Å². The van der Waals surface area contributed by atoms with E-state index in [1.54, 1.807) is 18.2 Å². The Morgan fingerprint density at radius 2 is 1.97 bits per heavy atom. The first-order valence-electron chi connectivity index (χ1n) is 8.44. The summed E-state index contributed by atoms with van der Waals surface area (Å²) < 4.78 is 31.7. The van der Waals surface area contributed by atoms with Gasteiger partial charge in [-0.1, -0.05) is 18.5 Å². The molecule has 12 heteroatoms. The van der Waals surface area contributed by atoms with E-state index in [-0.39, 0.29) is 11.8 Å². The van der Waals surface area contributed by atoms with Crippen molar-refractivity contribution in [1.29, 1.82) is 0 Å². The molecule has 2 atom stereocenters. The largest absolute Gasteiger partial charge is 0.490 e. The molecule has 2 amide bonds. The summed E-state index contributed by atoms with van der Waals surface area (Å²) in [4.78, 5) is 35.3. The fourth-order valence-electron chi connectivity index (χ4n) is 2.54. The van der Waals surface area contributed by atoms with E-state index in [2.05, 4.69) is 5.32 Å². The van der Waals surface area contributed by atoms with Crippen LogP contribution in [0.15, 0.2) is 18.2 Å². The Bertz CT molecular complexity index is 762. The molecule has 162 valence electrons. The highest BCUT2D eigenvalue weighted by Crippen LogP contribution is 2.34. The van der Waals surface area contributed by atoms with Gasteiger partial charge in [-0.2, -0.15) is 13.2 Å². The first-order valence-corrected chi connectivity index (χ1v) is 9.36. The Morgan fingerprint density at radius 3 is 2.45 bits per heavy atom. The van der Waals surface area contributed by atoms with Gasteiger partial charge in [0.15, 0.2) is 0 Å². The number of carboxylic acid groups (broad SMARTS) is 1. The first kappa shape index (κ1) is 25.0. The number of amides is 2. The van der Waals surface area contributed by atoms with Crippen LogP contribution in [0.1, 0.15) is 18.9 Å². The van der Waals surface area contributed by atoms with Gasteiger partial charge in [0.25, 0.3) is 0 Å². The molecule has 0 bridgehead atoms. The lowest BCUT2D eigenvalue weighted by molar-refractivity contribution is -0.192. The second kappa shape index (κ2) is 10.7. The number of hydrogen-bond acceptors (Lipinski definition) is 4. The molecule has 0 fully saturated rings. The number of benzene rings is 1. The summed E-state index contributed by atoms with van der Waals surface area (Å²) in [6.07, 6.45) is -4.15. The lowest BCUT2D eigenvalue weighted by Gasteiger charge is -2.27. The molecular weight excluding hydrogens is 438 g/mol. The minimum atomic E-state index is -5.08. The van der Waals surface area contributed by atoms with E-state index < -0.39 is 24.2 Å². The molecule has 0 aliphatic carbocycles. The second-order valence-corrected chi connectivity index (χ2v) is 6.81. The number of anilines is 1. The number of fused-ring (bicyclic) bond motifs is 1. The van der Waals surface area contributed by atoms with Crippen LogP contribution in [0.25, 0.3) is 0 Å². The van der Waals surface area contributed by atoms with Crippen molar-refractivity contribution in [2.45, 2.75) is 38.0 Å². The highest BCUT2D eigenvalue weighted by atomic mass is 35.5. The van der Waals surface area contributed by atoms with Crippen molar-refractivity contribution in [2.75, 3.05) is 17.3 Å². The van der Waals surface area contributed by atoms with Gasteiger partial charge in [0, 0.05) is 29.6 Å². The summed E-state index contributed by atoms with van der Waals surface area (Å²) in [5.74, 6) is -2.92. The molecule has 29 heavy (non-hydrogen) atoms. The van der Waals surface area contributed by atoms with E-state index in [9.17, 15) is 22.8 Å². The third kappa shape index (κ3) is 6.76. The minimum absolute atomic E-state index is 0.232. The number of carbonyl (C=O) groups excluding carboxylic acids is 2. The van der Waals surface area contributed by atoms with Gasteiger partial charge in [0.1, 0.15) is 6.04 Å². The lowest BCUT2D eigenvalue weighted by atomic mass is 10.1. The third-order valence-corrected chi connectivity index (χ3v) is 4.38. The number of halogens is 5. The average molecular weight is 458 g/mol. The molecule has 1 aliphatic heterocycles. The van der Waals surface area contributed by atoms with Gasteiger partial charge >= 0.3 is 12.1 Å². The zero-order valence-electron chi connectivity index (χ0n) is 15.3. The monoisotopic (exact) mass is 457 g/mol. The predicted octanol–water partition coefficient (Wildman–Crippen LogP) is 2.32. The smallest absolute Gasteiger partial charge is 0.475 e. The highest BCUT2D eigenvalue weighted by molar-refractivity contribution is 6.30. The van der Waals surface area contributed by atoms with Crippen LogP contribution in [0.4, 0.5) is 18.9 Å². The normalized spacial score (nSPS) is 16.4. The van der Waals surface area contributed by atoms with Crippen LogP contribution in [-0.2, 0) is 20.8 Å². The van der Waals surface area contributed by atoms with Crippen molar-refractivity contribution in [2.24, 2.45) is 5.73 Å². The van der Waals surface area contributed by atoms with Crippen LogP contribution < -0.4 is 16.0 Å². The van der Waals surface area contributed by atoms with Crippen LogP contribution in [0.2, 0.25) is 5.02 Å². The topological polar surface area (TPSA) is 113 Å². The lowest BCUT2D eigenvalue weighted by Crippen LogP contribution is -2.53. The van der Waals surface area contributed by atoms with Crippen molar-refractivity contribution in [3.63, 3.8) is 0 Å². The number of nitrogens with two attached hydrogens (primary N) is 1. The van der Waals surface area contributed by atoms with Crippen LogP contribution >= 0.6 is 23.2 Å². The molecule has 1 aromatic carbocycles. The molecule has 1 heterocycles. The van der Waals surface area contributed by atoms with E-state index in [1.807, 2.05) is 6.92 Å². The highest BCUT2D eigenvalue weighted by Gasteiger charge is 2.40. The maximum absolute atomic E-state index is 12.6. The van der Waals surface area contributed by atoms with Gasteiger partial charge in [-0.05, 0) is 30.2 Å². The fourth-order valence-corrected chi connectivity index (χ4v) is 2.83. The van der Waals surface area contributed by atoms with Gasteiger partial charge in [0.2, 0.25) is 11.8 Å². The molecule has 1 aliphatic rings. The van der Waals surface area contributed by atoms with E-state index in [4.69, 9.17) is 38.8 Å². The number of carbonyl (C=O) groups is 3. The van der Waals surface area contributed by atoms with E-state index in [0.717, 1.165) is 5.56 Å². The number of aliphatic carboxylic acids is 1. The van der Waals surface area contributed by atoms with Crippen molar-refractivity contribution in [3.05, 3.63) is 28.8 Å². The Morgan fingerprint density at radius 1 is 1.38 bits per heavy atom. The summed E-state index contributed by atoms with van der Waals surface area (Å²) in [6.45, 7) is 2.19. The molecule has 7 nitrogen and oxygen atoms in total. The van der Waals surface area contributed by atoms with Crippen LogP contribution in [0.3, 0.4) is 0 Å². The quantitative estimate of drug-likeness (QED) is 0.587. The first-order chi connectivity index (χ1) is 13.4. The SMILES string of the molecule is CC[C@H](N)C(=O)N1c2ccc(Cl)cc2C[C@H]1C(=O)NCCCl.O=C(O)C(F)(F)F. The number of alkyl halides is 4. The minimum Gasteiger partial charge on any atom is -0.475 e. The van der Waals surface area contributed by atoms with Gasteiger partial charge in [-0.25, -0.2) is 4.79 Å². The van der Waals surface area contributed by atoms with Gasteiger partial charge in [-0.3, -0.25) is 14.5 Å². The molecule has 2 rings (SSSR count). The van der Waals surface area contributed by atoms with Gasteiger partial charge in [0.05, 0.1) is 6.04 Å². The number of hydrogen-bond donors (Lipinski definition) is 3. The van der Waals surface area contributed by atoms with Gasteiger partial charge < -0.3 is 16.2 Å². The molecule has 0 unspecified atom stereocenters. The average Bonchev–Trinajstić information content (AvgIpc) is 3.02.